The molecule has 88 heavy (non-hydrogen) atoms. The van der Waals surface area contributed by atoms with Crippen molar-refractivity contribution >= 4 is 99.6 Å². The smallest absolute Gasteiger partial charge is 0.326 e. The number of nitrogens with one attached hydrogen (secondary N) is 8. The molecule has 29 nitrogen and oxygen atoms in total. The van der Waals surface area contributed by atoms with Gasteiger partial charge in [0.15, 0.2) is 0 Å². The third kappa shape index (κ3) is 20.4. The van der Waals surface area contributed by atoms with Gasteiger partial charge in [0.1, 0.15) is 60.1 Å². The zero-order valence-corrected chi connectivity index (χ0v) is 50.4. The number of aromatic amines is 1. The van der Waals surface area contributed by atoms with Gasteiger partial charge in [0.2, 0.25) is 65.0 Å². The van der Waals surface area contributed by atoms with E-state index in [-0.39, 0.29) is 70.2 Å². The number of aliphatic carboxylic acids is 2. The van der Waals surface area contributed by atoms with Gasteiger partial charge < -0.3 is 84.5 Å². The highest BCUT2D eigenvalue weighted by Gasteiger charge is 2.43. The number of likely N-dealkylation sites (tertiary alicyclic amines) is 2. The van der Waals surface area contributed by atoms with E-state index in [0.717, 1.165) is 0 Å². The van der Waals surface area contributed by atoms with Gasteiger partial charge in [-0.3, -0.25) is 57.5 Å². The van der Waals surface area contributed by atoms with E-state index in [2.05, 4.69) is 42.2 Å². The molecule has 0 radical (unpaired) electrons. The highest BCUT2D eigenvalue weighted by atomic mass is 32.2. The van der Waals surface area contributed by atoms with Crippen LogP contribution in [-0.2, 0) is 75.2 Å². The van der Waals surface area contributed by atoms with Gasteiger partial charge in [-0.15, -0.1) is 0 Å². The molecule has 10 atom stereocenters. The van der Waals surface area contributed by atoms with Crippen molar-refractivity contribution in [1.82, 2.24) is 52.0 Å². The number of carbonyl (C=O) groups is 13. The Morgan fingerprint density at radius 3 is 1.64 bits per heavy atom. The van der Waals surface area contributed by atoms with E-state index in [4.69, 9.17) is 17.2 Å². The van der Waals surface area contributed by atoms with Crippen molar-refractivity contribution in [3.63, 3.8) is 0 Å². The van der Waals surface area contributed by atoms with Crippen molar-refractivity contribution in [3.8, 4) is 5.75 Å². The number of phenolic OH excluding ortho intramolecular Hbond substituents is 1. The molecule has 2 fully saturated rings. The molecule has 3 aromatic rings. The van der Waals surface area contributed by atoms with Crippen molar-refractivity contribution in [1.29, 1.82) is 0 Å². The van der Waals surface area contributed by atoms with Crippen LogP contribution in [0.5, 0.6) is 5.75 Å². The number of nitrogens with two attached hydrogens (primary N) is 3. The lowest BCUT2D eigenvalue weighted by molar-refractivity contribution is -0.145. The largest absolute Gasteiger partial charge is 0.508 e. The van der Waals surface area contributed by atoms with E-state index in [9.17, 15) is 77.6 Å². The second-order valence-corrected chi connectivity index (χ2v) is 23.2. The number of hydrogen-bond acceptors (Lipinski definition) is 16. The van der Waals surface area contributed by atoms with Gasteiger partial charge in [-0.1, -0.05) is 44.2 Å². The third-order valence-electron chi connectivity index (χ3n) is 15.2. The van der Waals surface area contributed by atoms with E-state index >= 15 is 0 Å². The molecular formula is C58H81N13O16S. The molecule has 5 rings (SSSR count). The van der Waals surface area contributed by atoms with E-state index in [0.29, 0.717) is 34.2 Å². The molecule has 17 N–H and O–H groups in total. The SMILES string of the molecule is CSCC[C@H](NC(=O)[C@@H]1CCCN1C(=O)[C@H](Cc1ccc(O)cc1)NC(=O)[C@@H](NC(=O)[C@@H]1CCCN1C(=O)[C@H](CCC(N)=O)NC(=O)[C@H](Cc1c[nH]c2ccccc12)NC(=O)[C@H](CCC(=O)O)NC(=O)[C@H](CCC(N)=O)NC(=O)[C@H](C)N)C(C)C)C(=O)O. The molecular weight excluding hydrogens is 1170 g/mol. The zero-order chi connectivity index (χ0) is 64.9. The first-order chi connectivity index (χ1) is 41.7. The molecule has 30 heteroatoms. The lowest BCUT2D eigenvalue weighted by Gasteiger charge is -2.32. The minimum Gasteiger partial charge on any atom is -0.508 e. The number of amides is 11. The summed E-state index contributed by atoms with van der Waals surface area (Å²) in [6, 6.07) is -0.882. The minimum absolute atomic E-state index is 0.0392. The number of H-pyrrole nitrogens is 1. The van der Waals surface area contributed by atoms with Crippen molar-refractivity contribution in [2.45, 2.75) is 165 Å². The number of carbonyl (C=O) groups excluding carboxylic acids is 11. The maximum absolute atomic E-state index is 14.8. The van der Waals surface area contributed by atoms with Crippen LogP contribution in [0.2, 0.25) is 0 Å². The van der Waals surface area contributed by atoms with Crippen molar-refractivity contribution in [2.24, 2.45) is 23.1 Å². The molecule has 1 aromatic heterocycles. The lowest BCUT2D eigenvalue weighted by atomic mass is 9.99. The van der Waals surface area contributed by atoms with Crippen molar-refractivity contribution in [2.75, 3.05) is 25.1 Å². The van der Waals surface area contributed by atoms with Crippen LogP contribution >= 0.6 is 11.8 Å². The number of aromatic nitrogens is 1. The minimum atomic E-state index is -1.69. The number of nitrogens with zero attached hydrogens (tertiary/aromatic N) is 2. The Kier molecular flexibility index (Phi) is 26.5. The predicted molar refractivity (Wildman–Crippen MR) is 320 cm³/mol. The Morgan fingerprint density at radius 2 is 1.09 bits per heavy atom. The summed E-state index contributed by atoms with van der Waals surface area (Å²) >= 11 is 1.40. The number of phenols is 1. The molecule has 2 saturated heterocycles. The summed E-state index contributed by atoms with van der Waals surface area (Å²) in [5.74, 6) is -12.2. The fourth-order valence-electron chi connectivity index (χ4n) is 10.4. The number of primary amides is 2. The third-order valence-corrected chi connectivity index (χ3v) is 15.8. The Bertz CT molecular complexity index is 3030. The molecule has 0 unspecified atom stereocenters. The number of benzene rings is 2. The molecule has 0 bridgehead atoms. The average Bonchev–Trinajstić information content (AvgIpc) is 3.76. The first-order valence-electron chi connectivity index (χ1n) is 29.0. The zero-order valence-electron chi connectivity index (χ0n) is 49.5. The Balaban J connectivity index is 1.40. The van der Waals surface area contributed by atoms with Gasteiger partial charge in [0, 0.05) is 62.3 Å². The maximum Gasteiger partial charge on any atom is 0.326 e. The van der Waals surface area contributed by atoms with Crippen LogP contribution in [0.3, 0.4) is 0 Å². The first-order valence-corrected chi connectivity index (χ1v) is 30.4. The number of aromatic hydroxyl groups is 1. The van der Waals surface area contributed by atoms with Crippen LogP contribution < -0.4 is 54.4 Å². The molecule has 2 aromatic carbocycles. The number of para-hydroxylation sites is 1. The van der Waals surface area contributed by atoms with Crippen LogP contribution in [0.4, 0.5) is 0 Å². The number of rotatable bonds is 34. The summed E-state index contributed by atoms with van der Waals surface area (Å²) in [7, 11) is 0. The number of hydrogen-bond donors (Lipinski definition) is 14. The van der Waals surface area contributed by atoms with Gasteiger partial charge in [-0.2, -0.15) is 11.8 Å². The standard InChI is InChI=1S/C58H81N13O16S/c1-30(2)48(55(83)68-42(27-32-13-15-34(72)16-14-32)57(85)71-25-7-11-43(71)53(81)66-40(58(86)87)23-26-88-4)69-54(82)44-12-8-24-70(44)56(84)39(18-21-46(61)74)65-52(80)41(28-33-29-62-36-10-6-5-9-35(33)36)67-51(79)38(19-22-47(75)76)64-50(78)37(17-20-45(60)73)63-49(77)31(3)59/h5-6,9-10,13-16,29-31,37-44,48,62,72H,7-8,11-12,17-28,59H2,1-4H3,(H2,60,73)(H2,61,74)(H,63,77)(H,64,78)(H,65,80)(H,66,81)(H,67,79)(H,68,83)(H,69,82)(H,75,76)(H,86,87)/t31-,37-,38-,39-,40-,41-,42-,43-,44-,48-/m0/s1. The van der Waals surface area contributed by atoms with Crippen molar-refractivity contribution < 1.29 is 77.6 Å². The molecule has 480 valence electrons. The van der Waals surface area contributed by atoms with Gasteiger partial charge in [0.25, 0.3) is 0 Å². The average molecular weight is 1250 g/mol. The Hall–Kier alpha value is -8.80. The number of thioether (sulfide) groups is 1. The quantitative estimate of drug-likeness (QED) is 0.0316. The molecule has 0 saturated carbocycles. The molecule has 0 aliphatic carbocycles. The Morgan fingerprint density at radius 1 is 0.591 bits per heavy atom. The van der Waals surface area contributed by atoms with Crippen LogP contribution in [0.25, 0.3) is 10.9 Å². The van der Waals surface area contributed by atoms with E-state index in [1.165, 1.54) is 52.8 Å². The summed E-state index contributed by atoms with van der Waals surface area (Å²) in [5, 5.41) is 48.1. The van der Waals surface area contributed by atoms with Gasteiger partial charge in [0.05, 0.1) is 6.04 Å². The van der Waals surface area contributed by atoms with Crippen LogP contribution in [0.1, 0.15) is 103 Å². The van der Waals surface area contributed by atoms with E-state index < -0.39 is 169 Å². The number of carboxylic acids is 2. The first kappa shape index (κ1) is 70.0. The van der Waals surface area contributed by atoms with Gasteiger partial charge >= 0.3 is 11.9 Å². The number of carboxylic acid groups (broad SMARTS) is 2. The van der Waals surface area contributed by atoms with Crippen molar-refractivity contribution in [3.05, 3.63) is 65.9 Å². The summed E-state index contributed by atoms with van der Waals surface area (Å²) in [4.78, 5) is 181. The topological polar surface area (TPSA) is 467 Å². The monoisotopic (exact) mass is 1250 g/mol. The Labute approximate surface area is 511 Å². The molecule has 3 heterocycles. The lowest BCUT2D eigenvalue weighted by Crippen LogP contribution is -2.61. The summed E-state index contributed by atoms with van der Waals surface area (Å²) in [5.41, 5.74) is 18.2. The highest BCUT2D eigenvalue weighted by Crippen LogP contribution is 2.25. The van der Waals surface area contributed by atoms with Crippen LogP contribution in [-0.4, -0.2) is 193 Å². The fourth-order valence-corrected chi connectivity index (χ4v) is 10.8. The van der Waals surface area contributed by atoms with Crippen LogP contribution in [0.15, 0.2) is 54.7 Å². The molecule has 2 aliphatic rings. The highest BCUT2D eigenvalue weighted by molar-refractivity contribution is 7.98. The predicted octanol–water partition coefficient (Wildman–Crippen LogP) is -1.73. The summed E-state index contributed by atoms with van der Waals surface area (Å²) in [6.45, 7) is 4.66. The fraction of sp³-hybridized carbons (Fsp3) is 0.534. The maximum atomic E-state index is 14.8. The second kappa shape index (κ2) is 33.4. The molecule has 0 spiro atoms. The second-order valence-electron chi connectivity index (χ2n) is 22.3. The number of fused-ring (bicyclic) bond motifs is 1. The van der Waals surface area contributed by atoms with E-state index in [1.807, 2.05) is 0 Å². The normalized spacial score (nSPS) is 17.4. The van der Waals surface area contributed by atoms with Gasteiger partial charge in [-0.05, 0) is 106 Å². The molecule has 2 aliphatic heterocycles. The summed E-state index contributed by atoms with van der Waals surface area (Å²) < 4.78 is 0. The van der Waals surface area contributed by atoms with Gasteiger partial charge in [-0.25, -0.2) is 4.79 Å². The van der Waals surface area contributed by atoms with E-state index in [1.54, 1.807) is 50.6 Å². The summed E-state index contributed by atoms with van der Waals surface area (Å²) in [6.07, 6.45) is 1.24. The van der Waals surface area contributed by atoms with Crippen LogP contribution in [0, 0.1) is 5.92 Å². The molecule has 11 amide bonds.